The van der Waals surface area contributed by atoms with Gasteiger partial charge < -0.3 is 4.74 Å². The zero-order chi connectivity index (χ0) is 13.1. The molecule has 0 atom stereocenters. The molecule has 1 heterocycles. The molecule has 2 rings (SSSR count). The first-order valence-corrected chi connectivity index (χ1v) is 5.59. The van der Waals surface area contributed by atoms with Crippen LogP contribution in [0.25, 0.3) is 11.3 Å². The Bertz CT molecular complexity index is 561. The fourth-order valence-electron chi connectivity index (χ4n) is 1.66. The lowest BCUT2D eigenvalue weighted by Gasteiger charge is -2.00. The summed E-state index contributed by atoms with van der Waals surface area (Å²) < 4.78 is 19.3. The minimum Gasteiger partial charge on any atom is -0.461 e. The Balaban J connectivity index is 2.34. The van der Waals surface area contributed by atoms with E-state index >= 15 is 0 Å². The maximum atomic E-state index is 12.8. The van der Waals surface area contributed by atoms with Crippen molar-refractivity contribution in [3.05, 3.63) is 41.8 Å². The Morgan fingerprint density at radius 1 is 1.39 bits per heavy atom. The molecule has 0 aliphatic rings. The average Bonchev–Trinajstić information content (AvgIpc) is 2.73. The van der Waals surface area contributed by atoms with Crippen LogP contribution in [0.4, 0.5) is 4.39 Å². The zero-order valence-corrected chi connectivity index (χ0v) is 10.2. The third-order valence-corrected chi connectivity index (χ3v) is 2.50. The summed E-state index contributed by atoms with van der Waals surface area (Å²) in [5.74, 6) is -0.756. The number of ether oxygens (including phenoxy) is 1. The van der Waals surface area contributed by atoms with Gasteiger partial charge in [-0.2, -0.15) is 5.10 Å². The Morgan fingerprint density at radius 2 is 2.06 bits per heavy atom. The van der Waals surface area contributed by atoms with Crippen molar-refractivity contribution in [1.82, 2.24) is 9.78 Å². The van der Waals surface area contributed by atoms with Gasteiger partial charge in [-0.25, -0.2) is 9.18 Å². The van der Waals surface area contributed by atoms with E-state index in [1.54, 1.807) is 36.9 Å². The highest BCUT2D eigenvalue weighted by Gasteiger charge is 2.14. The molecule has 4 nitrogen and oxygen atoms in total. The predicted molar refractivity (Wildman–Crippen MR) is 64.6 cm³/mol. The van der Waals surface area contributed by atoms with Gasteiger partial charge in [0.25, 0.3) is 0 Å². The first kappa shape index (κ1) is 12.3. The third-order valence-electron chi connectivity index (χ3n) is 2.50. The van der Waals surface area contributed by atoms with Crippen LogP contribution >= 0.6 is 0 Å². The lowest BCUT2D eigenvalue weighted by Crippen LogP contribution is -2.05. The van der Waals surface area contributed by atoms with Crippen molar-refractivity contribution in [2.24, 2.45) is 7.05 Å². The molecule has 0 fully saturated rings. The van der Waals surface area contributed by atoms with Gasteiger partial charge in [0.1, 0.15) is 5.82 Å². The Kier molecular flexibility index (Phi) is 3.41. The number of nitrogens with zero attached hydrogens (tertiary/aromatic N) is 2. The van der Waals surface area contributed by atoms with E-state index in [0.717, 1.165) is 11.3 Å². The number of benzene rings is 1. The lowest BCUT2D eigenvalue weighted by molar-refractivity contribution is 0.0518. The minimum atomic E-state index is -0.457. The van der Waals surface area contributed by atoms with Crippen LogP contribution in [0.15, 0.2) is 30.3 Å². The number of carbonyl (C=O) groups excluding carboxylic acids is 1. The Morgan fingerprint density at radius 3 is 2.67 bits per heavy atom. The van der Waals surface area contributed by atoms with Gasteiger partial charge in [0, 0.05) is 7.05 Å². The average molecular weight is 248 g/mol. The highest BCUT2D eigenvalue weighted by Crippen LogP contribution is 2.20. The van der Waals surface area contributed by atoms with Gasteiger partial charge in [0.15, 0.2) is 5.69 Å². The largest absolute Gasteiger partial charge is 0.461 e. The van der Waals surface area contributed by atoms with E-state index < -0.39 is 5.97 Å². The van der Waals surface area contributed by atoms with Crippen LogP contribution in [0.2, 0.25) is 0 Å². The van der Waals surface area contributed by atoms with Crippen LogP contribution in [0, 0.1) is 5.82 Å². The second kappa shape index (κ2) is 5.00. The number of esters is 1. The van der Waals surface area contributed by atoms with Crippen LogP contribution in [-0.4, -0.2) is 22.4 Å². The summed E-state index contributed by atoms with van der Waals surface area (Å²) in [6, 6.07) is 7.65. The first-order valence-electron chi connectivity index (χ1n) is 5.59. The first-order chi connectivity index (χ1) is 8.61. The summed E-state index contributed by atoms with van der Waals surface area (Å²) in [6.45, 7) is 2.04. The van der Waals surface area contributed by atoms with Crippen LogP contribution in [0.5, 0.6) is 0 Å². The molecule has 2 aromatic rings. The highest BCUT2D eigenvalue weighted by molar-refractivity contribution is 5.88. The maximum absolute atomic E-state index is 12.8. The summed E-state index contributed by atoms with van der Waals surface area (Å²) in [5.41, 5.74) is 1.78. The number of hydrogen-bond acceptors (Lipinski definition) is 3. The molecule has 0 amide bonds. The maximum Gasteiger partial charge on any atom is 0.358 e. The summed E-state index contributed by atoms with van der Waals surface area (Å²) in [7, 11) is 1.72. The predicted octanol–water partition coefficient (Wildman–Crippen LogP) is 2.40. The van der Waals surface area contributed by atoms with Crippen molar-refractivity contribution < 1.29 is 13.9 Å². The second-order valence-electron chi connectivity index (χ2n) is 3.77. The fraction of sp³-hybridized carbons (Fsp3) is 0.231. The van der Waals surface area contributed by atoms with Crippen molar-refractivity contribution in [3.8, 4) is 11.3 Å². The van der Waals surface area contributed by atoms with Gasteiger partial charge in [0.05, 0.1) is 12.3 Å². The molecule has 0 aliphatic heterocycles. The van der Waals surface area contributed by atoms with E-state index in [0.29, 0.717) is 6.61 Å². The van der Waals surface area contributed by atoms with Gasteiger partial charge >= 0.3 is 5.97 Å². The standard InChI is InChI=1S/C13H13FN2O2/c1-3-18-13(17)11-8-12(16(2)15-11)9-4-6-10(14)7-5-9/h4-8H,3H2,1-2H3. The molecule has 0 N–H and O–H groups in total. The van der Waals surface area contributed by atoms with Gasteiger partial charge in [-0.1, -0.05) is 0 Å². The molecule has 0 spiro atoms. The van der Waals surface area contributed by atoms with Crippen molar-refractivity contribution in [2.45, 2.75) is 6.92 Å². The van der Waals surface area contributed by atoms with Gasteiger partial charge in [-0.15, -0.1) is 0 Å². The number of carbonyl (C=O) groups is 1. The third kappa shape index (κ3) is 2.40. The molecule has 0 aliphatic carbocycles. The summed E-state index contributed by atoms with van der Waals surface area (Å²) >= 11 is 0. The molecular weight excluding hydrogens is 235 g/mol. The van der Waals surface area contributed by atoms with Crippen LogP contribution in [-0.2, 0) is 11.8 Å². The normalized spacial score (nSPS) is 10.4. The molecule has 0 unspecified atom stereocenters. The molecule has 0 radical (unpaired) electrons. The quantitative estimate of drug-likeness (QED) is 0.783. The summed E-state index contributed by atoms with van der Waals surface area (Å²) in [6.07, 6.45) is 0. The zero-order valence-electron chi connectivity index (χ0n) is 10.2. The Labute approximate surface area is 104 Å². The van der Waals surface area contributed by atoms with Gasteiger partial charge in [-0.05, 0) is 42.8 Å². The number of hydrogen-bond donors (Lipinski definition) is 0. The number of aromatic nitrogens is 2. The topological polar surface area (TPSA) is 44.1 Å². The number of halogens is 1. The number of aryl methyl sites for hydroxylation is 1. The second-order valence-corrected chi connectivity index (χ2v) is 3.77. The molecule has 0 bridgehead atoms. The lowest BCUT2D eigenvalue weighted by atomic mass is 10.1. The highest BCUT2D eigenvalue weighted by atomic mass is 19.1. The molecule has 5 heteroatoms. The van der Waals surface area contributed by atoms with E-state index in [1.165, 1.54) is 12.1 Å². The van der Waals surface area contributed by atoms with E-state index in [-0.39, 0.29) is 11.5 Å². The Hall–Kier alpha value is -2.17. The summed E-state index contributed by atoms with van der Waals surface area (Å²) in [4.78, 5) is 11.5. The molecular formula is C13H13FN2O2. The van der Waals surface area contributed by atoms with E-state index in [2.05, 4.69) is 5.10 Å². The molecule has 1 aromatic heterocycles. The molecule has 94 valence electrons. The van der Waals surface area contributed by atoms with Crippen molar-refractivity contribution in [3.63, 3.8) is 0 Å². The van der Waals surface area contributed by atoms with E-state index in [4.69, 9.17) is 4.74 Å². The fourth-order valence-corrected chi connectivity index (χ4v) is 1.66. The van der Waals surface area contributed by atoms with E-state index in [1.807, 2.05) is 0 Å². The van der Waals surface area contributed by atoms with Crippen LogP contribution in [0.1, 0.15) is 17.4 Å². The smallest absolute Gasteiger partial charge is 0.358 e. The minimum absolute atomic E-state index is 0.249. The van der Waals surface area contributed by atoms with Crippen LogP contribution in [0.3, 0.4) is 0 Å². The van der Waals surface area contributed by atoms with Gasteiger partial charge in [0.2, 0.25) is 0 Å². The van der Waals surface area contributed by atoms with Gasteiger partial charge in [-0.3, -0.25) is 4.68 Å². The van der Waals surface area contributed by atoms with Crippen molar-refractivity contribution >= 4 is 5.97 Å². The SMILES string of the molecule is CCOC(=O)c1cc(-c2ccc(F)cc2)n(C)n1. The van der Waals surface area contributed by atoms with E-state index in [9.17, 15) is 9.18 Å². The molecule has 1 aromatic carbocycles. The molecule has 0 saturated carbocycles. The van der Waals surface area contributed by atoms with Crippen molar-refractivity contribution in [2.75, 3.05) is 6.61 Å². The molecule has 0 saturated heterocycles. The number of rotatable bonds is 3. The molecule has 18 heavy (non-hydrogen) atoms. The van der Waals surface area contributed by atoms with Crippen LogP contribution < -0.4 is 0 Å². The monoisotopic (exact) mass is 248 g/mol. The summed E-state index contributed by atoms with van der Waals surface area (Å²) in [5, 5.41) is 4.08. The van der Waals surface area contributed by atoms with Crippen molar-refractivity contribution in [1.29, 1.82) is 0 Å².